The van der Waals surface area contributed by atoms with Crippen LogP contribution in [-0.2, 0) is 11.2 Å². The van der Waals surface area contributed by atoms with E-state index >= 15 is 0 Å². The molecule has 1 aromatic heterocycles. The van der Waals surface area contributed by atoms with E-state index in [1.807, 2.05) is 6.07 Å². The molecule has 0 aliphatic heterocycles. The van der Waals surface area contributed by atoms with E-state index in [4.69, 9.17) is 4.74 Å². The quantitative estimate of drug-likeness (QED) is 0.539. The summed E-state index contributed by atoms with van der Waals surface area (Å²) in [5.74, 6) is -0.376. The zero-order chi connectivity index (χ0) is 10.4. The summed E-state index contributed by atoms with van der Waals surface area (Å²) in [5, 5.41) is 0. The average Bonchev–Trinajstić information content (AvgIpc) is 2.19. The fourth-order valence-corrected chi connectivity index (χ4v) is 1.08. The number of carbonyl (C=O) groups is 1. The predicted octanol–water partition coefficient (Wildman–Crippen LogP) is 1.99. The fraction of sp³-hybridized carbons (Fsp3) is 0.273. The Labute approximate surface area is 83.4 Å². The molecule has 1 heterocycles. The van der Waals surface area contributed by atoms with Gasteiger partial charge in [0.2, 0.25) is 0 Å². The molecule has 0 aliphatic rings. The van der Waals surface area contributed by atoms with Gasteiger partial charge in [0.05, 0.1) is 6.61 Å². The topological polar surface area (TPSA) is 39.2 Å². The van der Waals surface area contributed by atoms with Crippen molar-refractivity contribution >= 4 is 5.97 Å². The van der Waals surface area contributed by atoms with Crippen molar-refractivity contribution in [2.45, 2.75) is 13.3 Å². The average molecular weight is 191 g/mol. The van der Waals surface area contributed by atoms with Crippen LogP contribution >= 0.6 is 0 Å². The first-order valence-electron chi connectivity index (χ1n) is 4.51. The monoisotopic (exact) mass is 191 g/mol. The molecular weight excluding hydrogens is 178 g/mol. The van der Waals surface area contributed by atoms with E-state index in [0.717, 1.165) is 12.0 Å². The highest BCUT2D eigenvalue weighted by atomic mass is 16.5. The molecule has 0 aliphatic carbocycles. The highest BCUT2D eigenvalue weighted by Crippen LogP contribution is 2.04. The first-order chi connectivity index (χ1) is 6.77. The Bertz CT molecular complexity index is 334. The Balaban J connectivity index is 2.82. The van der Waals surface area contributed by atoms with Gasteiger partial charge < -0.3 is 4.74 Å². The van der Waals surface area contributed by atoms with E-state index in [9.17, 15) is 4.79 Å². The standard InChI is InChI=1S/C11H13NO2/c1-3-5-9-6-7-12-10(8-9)11(13)14-4-2/h3,6-8H,1,4-5H2,2H3. The molecule has 0 spiro atoms. The number of carbonyl (C=O) groups excluding carboxylic acids is 1. The molecule has 1 aromatic rings. The van der Waals surface area contributed by atoms with Crippen LogP contribution in [0.2, 0.25) is 0 Å². The van der Waals surface area contributed by atoms with Crippen LogP contribution in [-0.4, -0.2) is 17.6 Å². The van der Waals surface area contributed by atoms with Crippen molar-refractivity contribution in [3.8, 4) is 0 Å². The van der Waals surface area contributed by atoms with Gasteiger partial charge in [-0.05, 0) is 31.0 Å². The van der Waals surface area contributed by atoms with Crippen molar-refractivity contribution in [3.05, 3.63) is 42.2 Å². The maximum absolute atomic E-state index is 11.3. The van der Waals surface area contributed by atoms with Crippen LogP contribution in [0, 0.1) is 0 Å². The van der Waals surface area contributed by atoms with Crippen LogP contribution in [0.5, 0.6) is 0 Å². The van der Waals surface area contributed by atoms with Crippen molar-refractivity contribution in [2.24, 2.45) is 0 Å². The third-order valence-corrected chi connectivity index (χ3v) is 1.69. The Morgan fingerprint density at radius 1 is 1.71 bits per heavy atom. The molecule has 0 bridgehead atoms. The minimum absolute atomic E-state index is 0.353. The summed E-state index contributed by atoms with van der Waals surface area (Å²) < 4.78 is 4.83. The summed E-state index contributed by atoms with van der Waals surface area (Å²) in [7, 11) is 0. The smallest absolute Gasteiger partial charge is 0.356 e. The summed E-state index contributed by atoms with van der Waals surface area (Å²) in [6.07, 6.45) is 4.12. The second-order valence-corrected chi connectivity index (χ2v) is 2.76. The third kappa shape index (κ3) is 2.69. The Kier molecular flexibility index (Phi) is 3.85. The van der Waals surface area contributed by atoms with E-state index in [0.29, 0.717) is 12.3 Å². The van der Waals surface area contributed by atoms with Crippen molar-refractivity contribution in [2.75, 3.05) is 6.61 Å². The normalized spacial score (nSPS) is 9.50. The van der Waals surface area contributed by atoms with E-state index in [1.54, 1.807) is 25.3 Å². The molecule has 0 amide bonds. The molecule has 0 saturated carbocycles. The molecular formula is C11H13NO2. The molecule has 0 saturated heterocycles. The molecule has 0 unspecified atom stereocenters. The summed E-state index contributed by atoms with van der Waals surface area (Å²) in [5.41, 5.74) is 1.37. The first kappa shape index (κ1) is 10.4. The lowest BCUT2D eigenvalue weighted by Crippen LogP contribution is -2.07. The molecule has 1 rings (SSSR count). The molecule has 0 aromatic carbocycles. The van der Waals surface area contributed by atoms with Crippen molar-refractivity contribution in [1.82, 2.24) is 4.98 Å². The van der Waals surface area contributed by atoms with Crippen molar-refractivity contribution in [3.63, 3.8) is 0 Å². The SMILES string of the molecule is C=CCc1ccnc(C(=O)OCC)c1. The fourth-order valence-electron chi connectivity index (χ4n) is 1.08. The number of aromatic nitrogens is 1. The largest absolute Gasteiger partial charge is 0.461 e. The molecule has 3 heteroatoms. The summed E-state index contributed by atoms with van der Waals surface area (Å²) in [6.45, 7) is 5.77. The van der Waals surface area contributed by atoms with Gasteiger partial charge in [0.1, 0.15) is 5.69 Å². The number of hydrogen-bond acceptors (Lipinski definition) is 3. The number of rotatable bonds is 4. The van der Waals surface area contributed by atoms with Gasteiger partial charge in [-0.2, -0.15) is 0 Å². The summed E-state index contributed by atoms with van der Waals surface area (Å²) in [4.78, 5) is 15.2. The Hall–Kier alpha value is -1.64. The maximum Gasteiger partial charge on any atom is 0.356 e. The van der Waals surface area contributed by atoms with E-state index in [2.05, 4.69) is 11.6 Å². The second kappa shape index (κ2) is 5.17. The highest BCUT2D eigenvalue weighted by Gasteiger charge is 2.07. The van der Waals surface area contributed by atoms with Gasteiger partial charge in [0, 0.05) is 6.20 Å². The number of esters is 1. The van der Waals surface area contributed by atoms with E-state index in [-0.39, 0.29) is 5.97 Å². The van der Waals surface area contributed by atoms with Gasteiger partial charge in [-0.3, -0.25) is 0 Å². The van der Waals surface area contributed by atoms with Crippen LogP contribution in [0.25, 0.3) is 0 Å². The molecule has 0 atom stereocenters. The molecule has 14 heavy (non-hydrogen) atoms. The third-order valence-electron chi connectivity index (χ3n) is 1.69. The summed E-state index contributed by atoms with van der Waals surface area (Å²) in [6, 6.07) is 3.57. The second-order valence-electron chi connectivity index (χ2n) is 2.76. The summed E-state index contributed by atoms with van der Waals surface area (Å²) >= 11 is 0. The Morgan fingerprint density at radius 2 is 2.50 bits per heavy atom. The van der Waals surface area contributed by atoms with Crippen LogP contribution in [0.1, 0.15) is 23.0 Å². The molecule has 3 nitrogen and oxygen atoms in total. The van der Waals surface area contributed by atoms with E-state index in [1.165, 1.54) is 0 Å². The van der Waals surface area contributed by atoms with Crippen LogP contribution in [0.4, 0.5) is 0 Å². The lowest BCUT2D eigenvalue weighted by molar-refractivity contribution is 0.0519. The molecule has 74 valence electrons. The number of nitrogens with zero attached hydrogens (tertiary/aromatic N) is 1. The zero-order valence-electron chi connectivity index (χ0n) is 8.19. The maximum atomic E-state index is 11.3. The van der Waals surface area contributed by atoms with Gasteiger partial charge in [-0.15, -0.1) is 6.58 Å². The minimum Gasteiger partial charge on any atom is -0.461 e. The van der Waals surface area contributed by atoms with Crippen LogP contribution in [0.15, 0.2) is 31.0 Å². The van der Waals surface area contributed by atoms with Crippen molar-refractivity contribution in [1.29, 1.82) is 0 Å². The molecule has 0 N–H and O–H groups in total. The van der Waals surface area contributed by atoms with Crippen LogP contribution < -0.4 is 0 Å². The van der Waals surface area contributed by atoms with Crippen LogP contribution in [0.3, 0.4) is 0 Å². The van der Waals surface area contributed by atoms with E-state index < -0.39 is 0 Å². The predicted molar refractivity (Wildman–Crippen MR) is 54.1 cm³/mol. The van der Waals surface area contributed by atoms with Crippen molar-refractivity contribution < 1.29 is 9.53 Å². The number of allylic oxidation sites excluding steroid dienone is 1. The molecule has 0 radical (unpaired) electrons. The van der Waals surface area contributed by atoms with Gasteiger partial charge in [-0.25, -0.2) is 9.78 Å². The number of hydrogen-bond donors (Lipinski definition) is 0. The highest BCUT2D eigenvalue weighted by molar-refractivity contribution is 5.87. The van der Waals surface area contributed by atoms with Gasteiger partial charge in [0.15, 0.2) is 0 Å². The lowest BCUT2D eigenvalue weighted by Gasteiger charge is -2.02. The minimum atomic E-state index is -0.376. The zero-order valence-corrected chi connectivity index (χ0v) is 8.19. The number of pyridine rings is 1. The Morgan fingerprint density at radius 3 is 3.14 bits per heavy atom. The number of ether oxygens (including phenoxy) is 1. The van der Waals surface area contributed by atoms with Gasteiger partial charge in [-0.1, -0.05) is 6.08 Å². The first-order valence-corrected chi connectivity index (χ1v) is 4.51. The van der Waals surface area contributed by atoms with Gasteiger partial charge in [0.25, 0.3) is 0 Å². The molecule has 0 fully saturated rings. The lowest BCUT2D eigenvalue weighted by atomic mass is 10.1. The van der Waals surface area contributed by atoms with Gasteiger partial charge >= 0.3 is 5.97 Å².